The van der Waals surface area contributed by atoms with Crippen LogP contribution in [0.1, 0.15) is 20.3 Å². The fraction of sp³-hybridized carbons (Fsp3) is 0.381. The molecule has 1 N–H and O–H groups in total. The van der Waals surface area contributed by atoms with Gasteiger partial charge in [0, 0.05) is 20.1 Å². The number of hydrogen-bond donors (Lipinski definition) is 1. The molecule has 2 aromatic carbocycles. The summed E-state index contributed by atoms with van der Waals surface area (Å²) in [7, 11) is -1.64. The molecule has 28 heavy (non-hydrogen) atoms. The van der Waals surface area contributed by atoms with Gasteiger partial charge in [0.15, 0.2) is 6.10 Å². The van der Waals surface area contributed by atoms with Crippen molar-refractivity contribution in [2.75, 3.05) is 25.9 Å². The van der Waals surface area contributed by atoms with Crippen LogP contribution in [0, 0.1) is 0 Å². The molecule has 0 aliphatic heterocycles. The van der Waals surface area contributed by atoms with E-state index in [9.17, 15) is 13.2 Å². The number of nitrogens with zero attached hydrogens (tertiary/aromatic N) is 1. The standard InChI is InChI=1S/C21H28N2O4S/c1-4-28(25,26)23(3)16-8-15-22-21(24)17(2)27-20-13-11-19(12-14-20)18-9-6-5-7-10-18/h5-7,9-14,17H,4,8,15-16H2,1-3H3,(H,22,24). The molecule has 2 aromatic rings. The second-order valence-corrected chi connectivity index (χ2v) is 8.88. The predicted molar refractivity (Wildman–Crippen MR) is 112 cm³/mol. The summed E-state index contributed by atoms with van der Waals surface area (Å²) in [5, 5.41) is 2.78. The number of ether oxygens (including phenoxy) is 1. The number of amides is 1. The third-order valence-corrected chi connectivity index (χ3v) is 6.29. The van der Waals surface area contributed by atoms with Gasteiger partial charge < -0.3 is 10.1 Å². The van der Waals surface area contributed by atoms with Crippen LogP contribution in [0.3, 0.4) is 0 Å². The van der Waals surface area contributed by atoms with Crippen LogP contribution in [0.25, 0.3) is 11.1 Å². The quantitative estimate of drug-likeness (QED) is 0.618. The second kappa shape index (κ2) is 10.2. The van der Waals surface area contributed by atoms with Crippen molar-refractivity contribution in [3.63, 3.8) is 0 Å². The van der Waals surface area contributed by atoms with Crippen molar-refractivity contribution in [3.05, 3.63) is 54.6 Å². The fourth-order valence-electron chi connectivity index (χ4n) is 2.63. The van der Waals surface area contributed by atoms with E-state index in [1.165, 1.54) is 4.31 Å². The van der Waals surface area contributed by atoms with Gasteiger partial charge in [0.05, 0.1) is 5.75 Å². The largest absolute Gasteiger partial charge is 0.481 e. The Balaban J connectivity index is 1.78. The molecule has 152 valence electrons. The van der Waals surface area contributed by atoms with Gasteiger partial charge >= 0.3 is 0 Å². The minimum atomic E-state index is -3.18. The molecule has 0 saturated heterocycles. The zero-order chi connectivity index (χ0) is 20.6. The maximum atomic E-state index is 12.2. The van der Waals surface area contributed by atoms with Crippen LogP contribution < -0.4 is 10.1 Å². The van der Waals surface area contributed by atoms with Gasteiger partial charge in [-0.15, -0.1) is 0 Å². The molecule has 2 rings (SSSR count). The molecule has 0 aromatic heterocycles. The van der Waals surface area contributed by atoms with Crippen LogP contribution in [0.15, 0.2) is 54.6 Å². The lowest BCUT2D eigenvalue weighted by atomic mass is 10.1. The third kappa shape index (κ3) is 6.35. The summed E-state index contributed by atoms with van der Waals surface area (Å²) in [6.07, 6.45) is -0.0976. The van der Waals surface area contributed by atoms with Crippen molar-refractivity contribution < 1.29 is 17.9 Å². The Morgan fingerprint density at radius 2 is 1.68 bits per heavy atom. The minimum absolute atomic E-state index is 0.0732. The smallest absolute Gasteiger partial charge is 0.260 e. The molecule has 1 atom stereocenters. The monoisotopic (exact) mass is 404 g/mol. The van der Waals surface area contributed by atoms with Crippen LogP contribution in [0.5, 0.6) is 5.75 Å². The Morgan fingerprint density at radius 1 is 1.07 bits per heavy atom. The van der Waals surface area contributed by atoms with E-state index in [0.717, 1.165) is 11.1 Å². The predicted octanol–water partition coefficient (Wildman–Crippen LogP) is 2.91. The average molecular weight is 405 g/mol. The number of hydrogen-bond acceptors (Lipinski definition) is 4. The minimum Gasteiger partial charge on any atom is -0.481 e. The molecule has 0 radical (unpaired) electrons. The molecule has 7 heteroatoms. The first kappa shape index (κ1) is 21.9. The van der Waals surface area contributed by atoms with E-state index < -0.39 is 16.1 Å². The van der Waals surface area contributed by atoms with E-state index in [1.54, 1.807) is 20.9 Å². The Morgan fingerprint density at radius 3 is 2.29 bits per heavy atom. The van der Waals surface area contributed by atoms with Crippen LogP contribution in [-0.4, -0.2) is 50.6 Å². The first-order valence-corrected chi connectivity index (χ1v) is 11.0. The van der Waals surface area contributed by atoms with Crippen molar-refractivity contribution in [1.82, 2.24) is 9.62 Å². The summed E-state index contributed by atoms with van der Waals surface area (Å²) in [5.41, 5.74) is 2.20. The SMILES string of the molecule is CCS(=O)(=O)N(C)CCCNC(=O)C(C)Oc1ccc(-c2ccccc2)cc1. The Kier molecular flexibility index (Phi) is 8.02. The van der Waals surface area contributed by atoms with Crippen molar-refractivity contribution in [3.8, 4) is 16.9 Å². The van der Waals surface area contributed by atoms with Gasteiger partial charge in [-0.25, -0.2) is 12.7 Å². The van der Waals surface area contributed by atoms with Crippen molar-refractivity contribution in [2.45, 2.75) is 26.4 Å². The molecule has 0 bridgehead atoms. The van der Waals surface area contributed by atoms with Gasteiger partial charge in [-0.3, -0.25) is 4.79 Å². The molecular formula is C21H28N2O4S. The molecule has 0 heterocycles. The van der Waals surface area contributed by atoms with Crippen LogP contribution in [0.4, 0.5) is 0 Å². The highest BCUT2D eigenvalue weighted by molar-refractivity contribution is 7.89. The van der Waals surface area contributed by atoms with Gasteiger partial charge in [-0.2, -0.15) is 0 Å². The lowest BCUT2D eigenvalue weighted by Gasteiger charge is -2.17. The van der Waals surface area contributed by atoms with E-state index >= 15 is 0 Å². The van der Waals surface area contributed by atoms with Crippen molar-refractivity contribution in [1.29, 1.82) is 0 Å². The summed E-state index contributed by atoms with van der Waals surface area (Å²) in [6, 6.07) is 17.6. The molecule has 1 unspecified atom stereocenters. The molecule has 6 nitrogen and oxygen atoms in total. The zero-order valence-electron chi connectivity index (χ0n) is 16.6. The summed E-state index contributed by atoms with van der Waals surface area (Å²) in [5.74, 6) is 0.466. The number of carbonyl (C=O) groups excluding carboxylic acids is 1. The topological polar surface area (TPSA) is 75.7 Å². The number of benzene rings is 2. The highest BCUT2D eigenvalue weighted by Crippen LogP contribution is 2.22. The highest BCUT2D eigenvalue weighted by Gasteiger charge is 2.16. The van der Waals surface area contributed by atoms with E-state index in [1.807, 2.05) is 54.6 Å². The Hall–Kier alpha value is -2.38. The summed E-state index contributed by atoms with van der Waals surface area (Å²) >= 11 is 0. The van der Waals surface area contributed by atoms with E-state index in [2.05, 4.69) is 5.32 Å². The fourth-order valence-corrected chi connectivity index (χ4v) is 3.48. The maximum absolute atomic E-state index is 12.2. The van der Waals surface area contributed by atoms with E-state index in [4.69, 9.17) is 4.74 Å². The molecular weight excluding hydrogens is 376 g/mol. The van der Waals surface area contributed by atoms with Gasteiger partial charge in [-0.05, 0) is 43.5 Å². The summed E-state index contributed by atoms with van der Waals surface area (Å²) < 4.78 is 30.4. The third-order valence-electron chi connectivity index (χ3n) is 4.43. The van der Waals surface area contributed by atoms with Crippen LogP contribution >= 0.6 is 0 Å². The number of rotatable bonds is 10. The average Bonchev–Trinajstić information content (AvgIpc) is 2.71. The first-order valence-electron chi connectivity index (χ1n) is 9.37. The Labute approximate surface area is 167 Å². The lowest BCUT2D eigenvalue weighted by Crippen LogP contribution is -2.38. The van der Waals surface area contributed by atoms with E-state index in [0.29, 0.717) is 25.3 Å². The molecule has 0 aliphatic rings. The number of sulfonamides is 1. The van der Waals surface area contributed by atoms with Crippen molar-refractivity contribution >= 4 is 15.9 Å². The van der Waals surface area contributed by atoms with Gasteiger partial charge in [0.25, 0.3) is 5.91 Å². The molecule has 0 aliphatic carbocycles. The molecule has 0 fully saturated rings. The molecule has 0 saturated carbocycles. The van der Waals surface area contributed by atoms with Gasteiger partial charge in [0.1, 0.15) is 5.75 Å². The first-order chi connectivity index (χ1) is 13.3. The molecule has 1 amide bonds. The highest BCUT2D eigenvalue weighted by atomic mass is 32.2. The van der Waals surface area contributed by atoms with Crippen molar-refractivity contribution in [2.24, 2.45) is 0 Å². The summed E-state index contributed by atoms with van der Waals surface area (Å²) in [4.78, 5) is 12.2. The number of carbonyl (C=O) groups is 1. The maximum Gasteiger partial charge on any atom is 0.260 e. The molecule has 0 spiro atoms. The van der Waals surface area contributed by atoms with Gasteiger partial charge in [0.2, 0.25) is 10.0 Å². The van der Waals surface area contributed by atoms with E-state index in [-0.39, 0.29) is 11.7 Å². The second-order valence-electron chi connectivity index (χ2n) is 6.52. The lowest BCUT2D eigenvalue weighted by molar-refractivity contribution is -0.127. The zero-order valence-corrected chi connectivity index (χ0v) is 17.4. The summed E-state index contributed by atoms with van der Waals surface area (Å²) in [6.45, 7) is 4.06. The van der Waals surface area contributed by atoms with Gasteiger partial charge in [-0.1, -0.05) is 42.5 Å². The Bertz CT molecular complexity index is 852. The van der Waals surface area contributed by atoms with Crippen LogP contribution in [0.2, 0.25) is 0 Å². The normalized spacial score (nSPS) is 12.6. The van der Waals surface area contributed by atoms with Crippen LogP contribution in [-0.2, 0) is 14.8 Å². The number of nitrogens with one attached hydrogen (secondary N) is 1.